The summed E-state index contributed by atoms with van der Waals surface area (Å²) in [5, 5.41) is 9.30. The maximum absolute atomic E-state index is 12.3. The molecule has 2 N–H and O–H groups in total. The maximum atomic E-state index is 12.3. The second-order valence-electron chi connectivity index (χ2n) is 5.92. The molecule has 1 unspecified atom stereocenters. The van der Waals surface area contributed by atoms with Crippen LogP contribution in [0.5, 0.6) is 0 Å². The van der Waals surface area contributed by atoms with Crippen LogP contribution in [0.2, 0.25) is 0 Å². The number of aliphatic hydroxyl groups is 1. The van der Waals surface area contributed by atoms with Crippen LogP contribution in [0.3, 0.4) is 0 Å². The van der Waals surface area contributed by atoms with Gasteiger partial charge in [-0.05, 0) is 31.6 Å². The second kappa shape index (κ2) is 4.61. The molecule has 0 amide bonds. The summed E-state index contributed by atoms with van der Waals surface area (Å²) < 4.78 is 32.5. The van der Waals surface area contributed by atoms with E-state index >= 15 is 0 Å². The fourth-order valence-electron chi connectivity index (χ4n) is 2.45. The molecule has 108 valence electrons. The van der Waals surface area contributed by atoms with Crippen molar-refractivity contribution in [2.45, 2.75) is 45.6 Å². The summed E-state index contributed by atoms with van der Waals surface area (Å²) in [4.78, 5) is 0.0888. The molecule has 1 aliphatic carbocycles. The van der Waals surface area contributed by atoms with E-state index < -0.39 is 10.0 Å². The molecule has 1 heterocycles. The summed E-state index contributed by atoms with van der Waals surface area (Å²) in [6.45, 7) is 7.60. The lowest BCUT2D eigenvalue weighted by Gasteiger charge is -2.08. The largest absolute Gasteiger partial charge is 0.465 e. The number of hydrogen-bond acceptors (Lipinski definition) is 4. The fourth-order valence-corrected chi connectivity index (χ4v) is 3.97. The first-order chi connectivity index (χ1) is 8.69. The van der Waals surface area contributed by atoms with Crippen LogP contribution < -0.4 is 4.72 Å². The van der Waals surface area contributed by atoms with Gasteiger partial charge < -0.3 is 9.52 Å². The van der Waals surface area contributed by atoms with Crippen molar-refractivity contribution in [2.24, 2.45) is 11.3 Å². The van der Waals surface area contributed by atoms with Gasteiger partial charge in [-0.25, -0.2) is 13.1 Å². The summed E-state index contributed by atoms with van der Waals surface area (Å²) in [5.74, 6) is 1.16. The summed E-state index contributed by atoms with van der Waals surface area (Å²) >= 11 is 0. The highest BCUT2D eigenvalue weighted by Gasteiger charge is 2.45. The second-order valence-corrected chi connectivity index (χ2v) is 7.63. The van der Waals surface area contributed by atoms with Gasteiger partial charge in [0.2, 0.25) is 10.0 Å². The first-order valence-electron chi connectivity index (χ1n) is 6.38. The van der Waals surface area contributed by atoms with Gasteiger partial charge in [-0.2, -0.15) is 0 Å². The van der Waals surface area contributed by atoms with Crippen LogP contribution in [0.15, 0.2) is 9.31 Å². The topological polar surface area (TPSA) is 79.5 Å². The Labute approximate surface area is 114 Å². The van der Waals surface area contributed by atoms with E-state index in [1.807, 2.05) is 0 Å². The van der Waals surface area contributed by atoms with E-state index in [9.17, 15) is 13.5 Å². The zero-order chi connectivity index (χ0) is 14.4. The molecule has 1 saturated carbocycles. The fraction of sp³-hybridized carbons (Fsp3) is 0.692. The van der Waals surface area contributed by atoms with Crippen LogP contribution in [-0.4, -0.2) is 20.1 Å². The van der Waals surface area contributed by atoms with Gasteiger partial charge in [-0.3, -0.25) is 0 Å². The van der Waals surface area contributed by atoms with Crippen molar-refractivity contribution in [1.82, 2.24) is 4.72 Å². The van der Waals surface area contributed by atoms with Crippen molar-refractivity contribution >= 4 is 10.0 Å². The Morgan fingerprint density at radius 3 is 2.42 bits per heavy atom. The highest BCUT2D eigenvalue weighted by Crippen LogP contribution is 2.51. The average Bonchev–Trinajstić information content (AvgIpc) is 2.77. The van der Waals surface area contributed by atoms with Gasteiger partial charge in [-0.15, -0.1) is 0 Å². The third kappa shape index (κ3) is 2.70. The van der Waals surface area contributed by atoms with Gasteiger partial charge in [-0.1, -0.05) is 13.8 Å². The molecule has 2 rings (SSSR count). The van der Waals surface area contributed by atoms with Gasteiger partial charge in [0.05, 0.1) is 6.61 Å². The van der Waals surface area contributed by atoms with Crippen molar-refractivity contribution in [1.29, 1.82) is 0 Å². The minimum Gasteiger partial charge on any atom is -0.465 e. The Morgan fingerprint density at radius 2 is 1.95 bits per heavy atom. The Balaban J connectivity index is 2.20. The number of aliphatic hydroxyl groups excluding tert-OH is 1. The van der Waals surface area contributed by atoms with Crippen molar-refractivity contribution in [2.75, 3.05) is 6.54 Å². The molecule has 0 spiro atoms. The van der Waals surface area contributed by atoms with Gasteiger partial charge >= 0.3 is 0 Å². The van der Waals surface area contributed by atoms with Crippen LogP contribution in [-0.2, 0) is 16.6 Å². The molecule has 1 aromatic rings. The molecule has 0 saturated heterocycles. The molecule has 1 aromatic heterocycles. The molecule has 1 atom stereocenters. The van der Waals surface area contributed by atoms with Crippen LogP contribution in [0.4, 0.5) is 0 Å². The van der Waals surface area contributed by atoms with Gasteiger partial charge in [0.15, 0.2) is 0 Å². The first kappa shape index (κ1) is 14.6. The van der Waals surface area contributed by atoms with E-state index in [1.54, 1.807) is 13.8 Å². The van der Waals surface area contributed by atoms with E-state index in [2.05, 4.69) is 18.6 Å². The zero-order valence-electron chi connectivity index (χ0n) is 11.8. The molecule has 0 aliphatic heterocycles. The van der Waals surface area contributed by atoms with Crippen LogP contribution in [0.1, 0.15) is 37.4 Å². The van der Waals surface area contributed by atoms with Crippen molar-refractivity contribution < 1.29 is 17.9 Å². The predicted molar refractivity (Wildman–Crippen MR) is 71.2 cm³/mol. The number of aryl methyl sites for hydroxylation is 2. The van der Waals surface area contributed by atoms with Crippen molar-refractivity contribution in [3.8, 4) is 0 Å². The molecule has 19 heavy (non-hydrogen) atoms. The summed E-state index contributed by atoms with van der Waals surface area (Å²) in [5.41, 5.74) is 0.573. The number of furan rings is 1. The Morgan fingerprint density at radius 1 is 1.37 bits per heavy atom. The predicted octanol–water partition coefficient (Wildman–Crippen LogP) is 1.71. The van der Waals surface area contributed by atoms with Crippen molar-refractivity contribution in [3.63, 3.8) is 0 Å². The van der Waals surface area contributed by atoms with Crippen LogP contribution in [0, 0.1) is 25.2 Å². The standard InChI is InChI=1S/C13H21NO4S/c1-8-11(7-15)12(9(2)18-8)19(16,17)14-6-10-5-13(10,3)4/h10,14-15H,5-7H2,1-4H3. The van der Waals surface area contributed by atoms with E-state index in [1.165, 1.54) is 0 Å². The lowest BCUT2D eigenvalue weighted by atomic mass is 10.1. The van der Waals surface area contributed by atoms with E-state index in [0.29, 0.717) is 29.5 Å². The molecule has 5 nitrogen and oxygen atoms in total. The molecular weight excluding hydrogens is 266 g/mol. The maximum Gasteiger partial charge on any atom is 0.244 e. The van der Waals surface area contributed by atoms with Crippen molar-refractivity contribution in [3.05, 3.63) is 17.1 Å². The van der Waals surface area contributed by atoms with Gasteiger partial charge in [0.1, 0.15) is 16.4 Å². The SMILES string of the molecule is Cc1oc(C)c(S(=O)(=O)NCC2CC2(C)C)c1CO. The normalized spacial score (nSPS) is 21.6. The van der Waals surface area contributed by atoms with Crippen LogP contribution in [0.25, 0.3) is 0 Å². The molecule has 1 fully saturated rings. The minimum atomic E-state index is -3.62. The highest BCUT2D eigenvalue weighted by atomic mass is 32.2. The lowest BCUT2D eigenvalue weighted by molar-refractivity contribution is 0.276. The molecule has 1 aliphatic rings. The number of nitrogens with one attached hydrogen (secondary N) is 1. The Kier molecular flexibility index (Phi) is 3.53. The minimum absolute atomic E-state index is 0.0888. The quantitative estimate of drug-likeness (QED) is 0.864. The lowest BCUT2D eigenvalue weighted by Crippen LogP contribution is -2.27. The Bertz CT molecular complexity index is 586. The van der Waals surface area contributed by atoms with E-state index in [4.69, 9.17) is 4.42 Å². The zero-order valence-corrected chi connectivity index (χ0v) is 12.6. The molecule has 0 radical (unpaired) electrons. The van der Waals surface area contributed by atoms with Gasteiger partial charge in [0.25, 0.3) is 0 Å². The first-order valence-corrected chi connectivity index (χ1v) is 7.87. The number of hydrogen-bond donors (Lipinski definition) is 2. The Hall–Kier alpha value is -0.850. The van der Waals surface area contributed by atoms with Gasteiger partial charge in [0, 0.05) is 12.1 Å². The molecule has 0 aromatic carbocycles. The number of sulfonamides is 1. The summed E-state index contributed by atoms with van der Waals surface area (Å²) in [6.07, 6.45) is 1.03. The summed E-state index contributed by atoms with van der Waals surface area (Å²) in [6, 6.07) is 0. The number of rotatable bonds is 5. The van der Waals surface area contributed by atoms with E-state index in [0.717, 1.165) is 6.42 Å². The third-order valence-electron chi connectivity index (χ3n) is 3.99. The smallest absolute Gasteiger partial charge is 0.244 e. The van der Waals surface area contributed by atoms with E-state index in [-0.39, 0.29) is 16.9 Å². The monoisotopic (exact) mass is 287 g/mol. The highest BCUT2D eigenvalue weighted by molar-refractivity contribution is 7.89. The molecule has 0 bridgehead atoms. The van der Waals surface area contributed by atoms with Crippen LogP contribution >= 0.6 is 0 Å². The third-order valence-corrected chi connectivity index (χ3v) is 5.61. The molecule has 6 heteroatoms. The average molecular weight is 287 g/mol. The molecular formula is C13H21NO4S. The summed E-state index contributed by atoms with van der Waals surface area (Å²) in [7, 11) is -3.62.